The second kappa shape index (κ2) is 8.14. The van der Waals surface area contributed by atoms with Crippen molar-refractivity contribution in [2.75, 3.05) is 14.2 Å². The summed E-state index contributed by atoms with van der Waals surface area (Å²) in [5.74, 6) is 4.27. The van der Waals surface area contributed by atoms with Gasteiger partial charge in [-0.2, -0.15) is 0 Å². The van der Waals surface area contributed by atoms with Crippen molar-refractivity contribution in [1.82, 2.24) is 0 Å². The summed E-state index contributed by atoms with van der Waals surface area (Å²) in [5.41, 5.74) is 15.0. The van der Waals surface area contributed by atoms with Crippen LogP contribution < -0.4 is 24.7 Å². The fourth-order valence-electron chi connectivity index (χ4n) is 7.63. The average Bonchev–Trinajstić information content (AvgIpc) is 3.23. The molecule has 1 aliphatic heterocycles. The molecule has 0 radical (unpaired) electrons. The number of hydrogen-bond donors (Lipinski definition) is 1. The van der Waals surface area contributed by atoms with Crippen molar-refractivity contribution >= 4 is 17.2 Å². The van der Waals surface area contributed by atoms with Gasteiger partial charge < -0.3 is 24.7 Å². The molecule has 3 aromatic carbocycles. The molecule has 0 saturated carbocycles. The van der Waals surface area contributed by atoms with Gasteiger partial charge in [-0.15, -0.1) is 0 Å². The lowest BCUT2D eigenvalue weighted by Gasteiger charge is -2.31. The van der Waals surface area contributed by atoms with E-state index < -0.39 is 0 Å². The Morgan fingerprint density at radius 1 is 0.718 bits per heavy atom. The Morgan fingerprint density at radius 2 is 1.18 bits per heavy atom. The average molecular weight is 544 g/mol. The number of benzene rings is 3. The molecule has 39 heavy (non-hydrogen) atoms. The van der Waals surface area contributed by atoms with Gasteiger partial charge in [-0.1, -0.05) is 39.9 Å². The molecule has 0 aromatic heterocycles. The van der Waals surface area contributed by atoms with Gasteiger partial charge in [0.15, 0.2) is 34.5 Å². The van der Waals surface area contributed by atoms with Crippen molar-refractivity contribution in [2.45, 2.75) is 77.6 Å². The molecule has 1 atom stereocenters. The fourth-order valence-corrected chi connectivity index (χ4v) is 7.87. The number of methoxy groups -OCH3 is 2. The lowest BCUT2D eigenvalue weighted by Crippen LogP contribution is -2.27. The van der Waals surface area contributed by atoms with Gasteiger partial charge in [0, 0.05) is 5.41 Å². The summed E-state index contributed by atoms with van der Waals surface area (Å²) < 4.78 is 24.7. The normalized spacial score (nSPS) is 20.8. The summed E-state index contributed by atoms with van der Waals surface area (Å²) in [5, 5.41) is 0. The number of ether oxygens (including phenoxy) is 4. The highest BCUT2D eigenvalue weighted by Gasteiger charge is 2.57. The van der Waals surface area contributed by atoms with E-state index in [9.17, 15) is 0 Å². The predicted molar refractivity (Wildman–Crippen MR) is 159 cm³/mol. The van der Waals surface area contributed by atoms with E-state index in [-0.39, 0.29) is 16.2 Å². The van der Waals surface area contributed by atoms with Crippen LogP contribution in [0.5, 0.6) is 34.5 Å². The monoisotopic (exact) mass is 543 g/mol. The summed E-state index contributed by atoms with van der Waals surface area (Å²) in [6.45, 7) is 15.5. The highest BCUT2D eigenvalue weighted by molar-refractivity contribution is 7.80. The first-order valence-electron chi connectivity index (χ1n) is 13.5. The highest BCUT2D eigenvalue weighted by atomic mass is 32.1. The third-order valence-electron chi connectivity index (χ3n) is 9.53. The lowest BCUT2D eigenvalue weighted by atomic mass is 9.72. The Labute approximate surface area is 236 Å². The first-order valence-corrected chi connectivity index (χ1v) is 13.9. The molecule has 0 saturated heterocycles. The number of rotatable bonds is 3. The van der Waals surface area contributed by atoms with Gasteiger partial charge in [-0.25, -0.2) is 0 Å². The first kappa shape index (κ1) is 26.0. The zero-order valence-corrected chi connectivity index (χ0v) is 25.2. The number of hydrogen-bond acceptors (Lipinski definition) is 5. The molecule has 0 bridgehead atoms. The fraction of sp³-hybridized carbons (Fsp3) is 0.424. The molecule has 0 amide bonds. The molecule has 0 fully saturated rings. The minimum absolute atomic E-state index is 0.0446. The van der Waals surface area contributed by atoms with Crippen LogP contribution in [0.4, 0.5) is 0 Å². The topological polar surface area (TPSA) is 62.9 Å². The van der Waals surface area contributed by atoms with Crippen molar-refractivity contribution in [3.05, 3.63) is 68.8 Å². The van der Waals surface area contributed by atoms with Gasteiger partial charge >= 0.3 is 0 Å². The van der Waals surface area contributed by atoms with E-state index in [1.54, 1.807) is 14.2 Å². The quantitative estimate of drug-likeness (QED) is 0.266. The van der Waals surface area contributed by atoms with Gasteiger partial charge in [0.1, 0.15) is 4.99 Å². The van der Waals surface area contributed by atoms with Gasteiger partial charge in [0.25, 0.3) is 0 Å². The van der Waals surface area contributed by atoms with Gasteiger partial charge in [0.2, 0.25) is 0 Å². The third kappa shape index (κ3) is 3.40. The maximum absolute atomic E-state index is 6.67. The SMILES string of the molecule is COc1cc2c(cc1OC)C1(CC2(C)C)CC(C)(C)c2cc3c(cc21)Oc1c(c(C)c(C)c(C)c1C(N)=S)O3. The minimum atomic E-state index is -0.193. The molecule has 6 heteroatoms. The van der Waals surface area contributed by atoms with Crippen LogP contribution in [0.3, 0.4) is 0 Å². The molecule has 3 aromatic rings. The van der Waals surface area contributed by atoms with E-state index in [0.29, 0.717) is 22.2 Å². The van der Waals surface area contributed by atoms with Crippen molar-refractivity contribution in [1.29, 1.82) is 0 Å². The summed E-state index contributed by atoms with van der Waals surface area (Å²) >= 11 is 5.46. The van der Waals surface area contributed by atoms with Crippen LogP contribution in [-0.2, 0) is 16.2 Å². The first-order chi connectivity index (χ1) is 18.3. The maximum atomic E-state index is 6.67. The van der Waals surface area contributed by atoms with Gasteiger partial charge in [-0.3, -0.25) is 0 Å². The Hall–Kier alpha value is -3.25. The van der Waals surface area contributed by atoms with Crippen LogP contribution in [0.2, 0.25) is 0 Å². The second-order valence-electron chi connectivity index (χ2n) is 12.8. The Morgan fingerprint density at radius 3 is 1.72 bits per heavy atom. The lowest BCUT2D eigenvalue weighted by molar-refractivity contribution is 0.347. The highest BCUT2D eigenvalue weighted by Crippen LogP contribution is 2.65. The predicted octanol–water partition coefficient (Wildman–Crippen LogP) is 7.81. The minimum Gasteiger partial charge on any atom is -0.493 e. The van der Waals surface area contributed by atoms with Crippen LogP contribution >= 0.6 is 12.2 Å². The van der Waals surface area contributed by atoms with Gasteiger partial charge in [0.05, 0.1) is 19.8 Å². The van der Waals surface area contributed by atoms with Crippen LogP contribution in [0.25, 0.3) is 0 Å². The Bertz CT molecular complexity index is 1600. The number of fused-ring (bicyclic) bond motifs is 6. The standard InChI is InChI=1S/C33H37NO4S/c1-16-17(2)27(30(34)39)29-28(18(16)3)37-25-11-20-22(13-26(25)38-29)33(15-32(20,6)7)14-31(4,5)19-10-23(35-8)24(36-9)12-21(19)33/h10-13H,14-15H2,1-9H3,(H2,34,39). The number of nitrogens with two attached hydrogens (primary N) is 1. The van der Waals surface area contributed by atoms with Crippen molar-refractivity contribution < 1.29 is 18.9 Å². The molecule has 204 valence electrons. The van der Waals surface area contributed by atoms with E-state index in [0.717, 1.165) is 52.3 Å². The zero-order chi connectivity index (χ0) is 28.2. The Kier molecular flexibility index (Phi) is 5.42. The van der Waals surface area contributed by atoms with E-state index in [1.165, 1.54) is 22.3 Å². The third-order valence-corrected chi connectivity index (χ3v) is 9.73. The Balaban J connectivity index is 1.59. The molecular formula is C33H37NO4S. The summed E-state index contributed by atoms with van der Waals surface area (Å²) in [6.07, 6.45) is 1.96. The van der Waals surface area contributed by atoms with E-state index in [2.05, 4.69) is 65.8 Å². The smallest absolute Gasteiger partial charge is 0.180 e. The van der Waals surface area contributed by atoms with Crippen LogP contribution in [0.1, 0.15) is 85.0 Å². The molecule has 5 nitrogen and oxygen atoms in total. The summed E-state index contributed by atoms with van der Waals surface area (Å²) in [4.78, 5) is 0.310. The van der Waals surface area contributed by atoms with Crippen molar-refractivity contribution in [3.63, 3.8) is 0 Å². The largest absolute Gasteiger partial charge is 0.493 e. The van der Waals surface area contributed by atoms with Crippen LogP contribution in [0, 0.1) is 20.8 Å². The molecule has 6 rings (SSSR count). The second-order valence-corrected chi connectivity index (χ2v) is 13.2. The zero-order valence-electron chi connectivity index (χ0n) is 24.3. The molecule has 2 aliphatic carbocycles. The van der Waals surface area contributed by atoms with Crippen molar-refractivity contribution in [2.24, 2.45) is 5.73 Å². The summed E-state index contributed by atoms with van der Waals surface area (Å²) in [7, 11) is 3.40. The molecule has 3 aliphatic rings. The molecule has 1 unspecified atom stereocenters. The molecular weight excluding hydrogens is 506 g/mol. The van der Waals surface area contributed by atoms with Gasteiger partial charge in [-0.05, 0) is 108 Å². The molecule has 1 spiro atoms. The van der Waals surface area contributed by atoms with Crippen LogP contribution in [0.15, 0.2) is 24.3 Å². The number of thiocarbonyl (C=S) groups is 1. The van der Waals surface area contributed by atoms with E-state index in [1.807, 2.05) is 6.92 Å². The molecule has 2 N–H and O–H groups in total. The van der Waals surface area contributed by atoms with E-state index >= 15 is 0 Å². The molecule has 1 heterocycles. The van der Waals surface area contributed by atoms with Crippen molar-refractivity contribution in [3.8, 4) is 34.5 Å². The maximum Gasteiger partial charge on any atom is 0.180 e. The van der Waals surface area contributed by atoms with E-state index in [4.69, 9.17) is 36.9 Å². The summed E-state index contributed by atoms with van der Waals surface area (Å²) in [6, 6.07) is 8.77. The van der Waals surface area contributed by atoms with Crippen LogP contribution in [-0.4, -0.2) is 19.2 Å².